The lowest BCUT2D eigenvalue weighted by molar-refractivity contribution is -0.137. The molecular formula is C25H26FN5O2. The van der Waals surface area contributed by atoms with Gasteiger partial charge in [0.15, 0.2) is 0 Å². The molecule has 0 spiro atoms. The highest BCUT2D eigenvalue weighted by molar-refractivity contribution is 5.90. The minimum atomic E-state index is -0.334. The van der Waals surface area contributed by atoms with Crippen LogP contribution in [0.25, 0.3) is 5.69 Å². The summed E-state index contributed by atoms with van der Waals surface area (Å²) in [6.07, 6.45) is 2.17. The first-order valence-electron chi connectivity index (χ1n) is 11.3. The smallest absolute Gasteiger partial charge is 0.293 e. The van der Waals surface area contributed by atoms with Gasteiger partial charge in [0, 0.05) is 32.1 Å². The molecule has 5 rings (SSSR count). The molecule has 2 aliphatic rings. The molecule has 0 saturated carbocycles. The van der Waals surface area contributed by atoms with Crippen LogP contribution in [0.5, 0.6) is 0 Å². The van der Waals surface area contributed by atoms with Gasteiger partial charge in [-0.15, -0.1) is 5.10 Å². The molecular weight excluding hydrogens is 421 g/mol. The molecule has 0 N–H and O–H groups in total. The molecule has 3 heterocycles. The van der Waals surface area contributed by atoms with Crippen molar-refractivity contribution < 1.29 is 14.0 Å². The van der Waals surface area contributed by atoms with Crippen LogP contribution in [0.2, 0.25) is 0 Å². The number of likely N-dealkylation sites (tertiary alicyclic amines) is 1. The molecule has 2 aliphatic heterocycles. The maximum absolute atomic E-state index is 13.2. The Morgan fingerprint density at radius 3 is 2.36 bits per heavy atom. The number of hydrogen-bond acceptors (Lipinski definition) is 4. The Kier molecular flexibility index (Phi) is 5.66. The van der Waals surface area contributed by atoms with E-state index in [9.17, 15) is 14.0 Å². The third kappa shape index (κ3) is 4.25. The van der Waals surface area contributed by atoms with Crippen molar-refractivity contribution in [2.45, 2.75) is 32.7 Å². The fourth-order valence-corrected chi connectivity index (χ4v) is 4.72. The fourth-order valence-electron chi connectivity index (χ4n) is 4.72. The summed E-state index contributed by atoms with van der Waals surface area (Å²) in [6, 6.07) is 14.2. The second-order valence-electron chi connectivity index (χ2n) is 8.72. The lowest BCUT2D eigenvalue weighted by Gasteiger charge is -2.35. The van der Waals surface area contributed by atoms with Crippen molar-refractivity contribution in [3.05, 3.63) is 77.1 Å². The van der Waals surface area contributed by atoms with Crippen LogP contribution in [0.3, 0.4) is 0 Å². The number of amides is 2. The van der Waals surface area contributed by atoms with Gasteiger partial charge in [0.05, 0.1) is 5.69 Å². The van der Waals surface area contributed by atoms with Gasteiger partial charge in [0.1, 0.15) is 11.6 Å². The summed E-state index contributed by atoms with van der Waals surface area (Å²) in [5.41, 5.74) is 3.19. The standard InChI is InChI=1S/C25H26FN5O2/c1-17-27-23(28-31(17)22-8-6-21(26)7-9-22)25(33)29-13-11-19(12-14-29)24(32)30-15-10-18-4-2-3-5-20(18)16-30/h2-9,19H,10-16H2,1H3. The number of rotatable bonds is 3. The summed E-state index contributed by atoms with van der Waals surface area (Å²) in [6.45, 7) is 4.18. The first kappa shape index (κ1) is 21.3. The van der Waals surface area contributed by atoms with Crippen molar-refractivity contribution >= 4 is 11.8 Å². The third-order valence-electron chi connectivity index (χ3n) is 6.61. The molecule has 0 aliphatic carbocycles. The number of fused-ring (bicyclic) bond motifs is 1. The highest BCUT2D eigenvalue weighted by atomic mass is 19.1. The van der Waals surface area contributed by atoms with Gasteiger partial charge in [0.2, 0.25) is 11.7 Å². The number of aryl methyl sites for hydroxylation is 1. The van der Waals surface area contributed by atoms with E-state index in [2.05, 4.69) is 22.2 Å². The normalized spacial score (nSPS) is 16.5. The molecule has 1 fully saturated rings. The SMILES string of the molecule is Cc1nc(C(=O)N2CCC(C(=O)N3CCc4ccccc4C3)CC2)nn1-c1ccc(F)cc1. The molecule has 0 radical (unpaired) electrons. The summed E-state index contributed by atoms with van der Waals surface area (Å²) in [7, 11) is 0. The predicted molar refractivity (Wildman–Crippen MR) is 120 cm³/mol. The van der Waals surface area contributed by atoms with Crippen LogP contribution in [0.4, 0.5) is 4.39 Å². The van der Waals surface area contributed by atoms with Gasteiger partial charge in [-0.05, 0) is 61.6 Å². The van der Waals surface area contributed by atoms with E-state index < -0.39 is 0 Å². The lowest BCUT2D eigenvalue weighted by atomic mass is 9.93. The number of aromatic nitrogens is 3. The molecule has 3 aromatic rings. The van der Waals surface area contributed by atoms with Gasteiger partial charge < -0.3 is 9.80 Å². The Morgan fingerprint density at radius 1 is 0.939 bits per heavy atom. The van der Waals surface area contributed by atoms with Gasteiger partial charge in [-0.2, -0.15) is 0 Å². The van der Waals surface area contributed by atoms with E-state index in [0.29, 0.717) is 44.0 Å². The van der Waals surface area contributed by atoms with E-state index in [1.54, 1.807) is 24.0 Å². The van der Waals surface area contributed by atoms with Crippen LogP contribution >= 0.6 is 0 Å². The van der Waals surface area contributed by atoms with Crippen LogP contribution in [0.1, 0.15) is 40.4 Å². The molecule has 33 heavy (non-hydrogen) atoms. The van der Waals surface area contributed by atoms with E-state index in [-0.39, 0.29) is 29.4 Å². The van der Waals surface area contributed by atoms with E-state index in [1.807, 2.05) is 17.0 Å². The quantitative estimate of drug-likeness (QED) is 0.619. The van der Waals surface area contributed by atoms with Gasteiger partial charge in [0.25, 0.3) is 5.91 Å². The molecule has 170 valence electrons. The van der Waals surface area contributed by atoms with Crippen LogP contribution < -0.4 is 0 Å². The Labute approximate surface area is 191 Å². The monoisotopic (exact) mass is 447 g/mol. The molecule has 1 saturated heterocycles. The van der Waals surface area contributed by atoms with E-state index in [0.717, 1.165) is 13.0 Å². The van der Waals surface area contributed by atoms with Crippen LogP contribution in [-0.4, -0.2) is 56.0 Å². The largest absolute Gasteiger partial charge is 0.338 e. The molecule has 0 bridgehead atoms. The Balaban J connectivity index is 1.21. The number of halogens is 1. The first-order valence-corrected chi connectivity index (χ1v) is 11.3. The van der Waals surface area contributed by atoms with Crippen molar-refractivity contribution in [3.8, 4) is 5.69 Å². The molecule has 0 atom stereocenters. The average Bonchev–Trinajstić information content (AvgIpc) is 3.25. The number of hydrogen-bond donors (Lipinski definition) is 0. The van der Waals surface area contributed by atoms with Gasteiger partial charge in [-0.25, -0.2) is 14.1 Å². The van der Waals surface area contributed by atoms with E-state index in [4.69, 9.17) is 0 Å². The number of piperidine rings is 1. The first-order chi connectivity index (χ1) is 16.0. The second-order valence-corrected chi connectivity index (χ2v) is 8.72. The molecule has 8 heteroatoms. The number of carbonyl (C=O) groups is 2. The summed E-state index contributed by atoms with van der Waals surface area (Å²) in [5, 5.41) is 4.35. The maximum Gasteiger partial charge on any atom is 0.293 e. The zero-order chi connectivity index (χ0) is 22.9. The lowest BCUT2D eigenvalue weighted by Crippen LogP contribution is -2.45. The average molecular weight is 448 g/mol. The van der Waals surface area contributed by atoms with Crippen molar-refractivity contribution in [2.75, 3.05) is 19.6 Å². The number of benzene rings is 2. The van der Waals surface area contributed by atoms with E-state index in [1.165, 1.54) is 27.9 Å². The second kappa shape index (κ2) is 8.77. The highest BCUT2D eigenvalue weighted by Crippen LogP contribution is 2.25. The summed E-state index contributed by atoms with van der Waals surface area (Å²) >= 11 is 0. The van der Waals surface area contributed by atoms with Crippen LogP contribution in [-0.2, 0) is 17.8 Å². The van der Waals surface area contributed by atoms with Crippen molar-refractivity contribution in [3.63, 3.8) is 0 Å². The minimum absolute atomic E-state index is 0.0641. The summed E-state index contributed by atoms with van der Waals surface area (Å²) in [5.74, 6) is 0.224. The molecule has 7 nitrogen and oxygen atoms in total. The van der Waals surface area contributed by atoms with Crippen molar-refractivity contribution in [1.29, 1.82) is 0 Å². The molecule has 2 amide bonds. The number of nitrogens with zero attached hydrogens (tertiary/aromatic N) is 5. The van der Waals surface area contributed by atoms with Gasteiger partial charge in [-0.3, -0.25) is 9.59 Å². The van der Waals surface area contributed by atoms with Gasteiger partial charge >= 0.3 is 0 Å². The molecule has 0 unspecified atom stereocenters. The Morgan fingerprint density at radius 2 is 1.64 bits per heavy atom. The van der Waals surface area contributed by atoms with E-state index >= 15 is 0 Å². The van der Waals surface area contributed by atoms with Crippen LogP contribution in [0, 0.1) is 18.7 Å². The molecule has 1 aromatic heterocycles. The summed E-state index contributed by atoms with van der Waals surface area (Å²) < 4.78 is 14.8. The fraction of sp³-hybridized carbons (Fsp3) is 0.360. The zero-order valence-corrected chi connectivity index (χ0v) is 18.6. The van der Waals surface area contributed by atoms with Crippen LogP contribution in [0.15, 0.2) is 48.5 Å². The third-order valence-corrected chi connectivity index (χ3v) is 6.61. The van der Waals surface area contributed by atoms with Crippen molar-refractivity contribution in [1.82, 2.24) is 24.6 Å². The maximum atomic E-state index is 13.2. The zero-order valence-electron chi connectivity index (χ0n) is 18.6. The van der Waals surface area contributed by atoms with Gasteiger partial charge in [-0.1, -0.05) is 24.3 Å². The number of carbonyl (C=O) groups excluding carboxylic acids is 2. The minimum Gasteiger partial charge on any atom is -0.338 e. The van der Waals surface area contributed by atoms with Crippen molar-refractivity contribution in [2.24, 2.45) is 5.92 Å². The topological polar surface area (TPSA) is 71.3 Å². The Hall–Kier alpha value is -3.55. The predicted octanol–water partition coefficient (Wildman–Crippen LogP) is 3.15. The highest BCUT2D eigenvalue weighted by Gasteiger charge is 2.33. The molecule has 2 aromatic carbocycles. The summed E-state index contributed by atoms with van der Waals surface area (Å²) in [4.78, 5) is 34.1. The Bertz CT molecular complexity index is 1180.